The minimum Gasteiger partial charge on any atom is -0.399 e. The van der Waals surface area contributed by atoms with Crippen LogP contribution in [0.3, 0.4) is 0 Å². The highest BCUT2D eigenvalue weighted by Gasteiger charge is 2.23. The number of benzene rings is 1. The van der Waals surface area contributed by atoms with Gasteiger partial charge in [-0.15, -0.1) is 0 Å². The van der Waals surface area contributed by atoms with Crippen LogP contribution in [0.1, 0.15) is 31.2 Å². The number of nitrogen functional groups attached to an aromatic ring is 1. The zero-order valence-electron chi connectivity index (χ0n) is 11.9. The van der Waals surface area contributed by atoms with Gasteiger partial charge in [-0.2, -0.15) is 0 Å². The maximum Gasteiger partial charge on any atom is 0.0401 e. The van der Waals surface area contributed by atoms with Gasteiger partial charge in [-0.3, -0.25) is 0 Å². The summed E-state index contributed by atoms with van der Waals surface area (Å²) in [4.78, 5) is 5.08. The van der Waals surface area contributed by atoms with Crippen molar-refractivity contribution in [2.75, 3.05) is 37.3 Å². The van der Waals surface area contributed by atoms with E-state index in [1.807, 2.05) is 6.07 Å². The van der Waals surface area contributed by atoms with Crippen molar-refractivity contribution >= 4 is 11.4 Å². The summed E-state index contributed by atoms with van der Waals surface area (Å²) in [6.07, 6.45) is 6.60. The first-order valence-corrected chi connectivity index (χ1v) is 7.57. The monoisotopic (exact) mass is 259 g/mol. The fourth-order valence-electron chi connectivity index (χ4n) is 3.54. The molecular formula is C16H25N3. The number of nitrogens with two attached hydrogens (primary N) is 1. The first-order chi connectivity index (χ1) is 9.24. The Hall–Kier alpha value is -1.22. The molecule has 0 aliphatic carbocycles. The van der Waals surface area contributed by atoms with Crippen LogP contribution in [0.15, 0.2) is 18.2 Å². The molecule has 1 aromatic rings. The topological polar surface area (TPSA) is 32.5 Å². The van der Waals surface area contributed by atoms with Crippen molar-refractivity contribution in [2.45, 2.75) is 38.1 Å². The molecule has 0 aromatic heterocycles. The van der Waals surface area contributed by atoms with Crippen LogP contribution < -0.4 is 10.6 Å². The Labute approximate surface area is 116 Å². The smallest absolute Gasteiger partial charge is 0.0401 e. The Balaban J connectivity index is 1.60. The molecule has 3 rings (SSSR count). The molecule has 3 nitrogen and oxygen atoms in total. The third kappa shape index (κ3) is 2.71. The average molecular weight is 259 g/mol. The first-order valence-electron chi connectivity index (χ1n) is 7.57. The van der Waals surface area contributed by atoms with Crippen molar-refractivity contribution in [1.29, 1.82) is 0 Å². The van der Waals surface area contributed by atoms with Crippen molar-refractivity contribution in [3.05, 3.63) is 23.8 Å². The number of nitrogens with zero attached hydrogens (tertiary/aromatic N) is 2. The van der Waals surface area contributed by atoms with E-state index in [1.54, 1.807) is 0 Å². The van der Waals surface area contributed by atoms with Gasteiger partial charge in [-0.25, -0.2) is 0 Å². The van der Waals surface area contributed by atoms with E-state index in [4.69, 9.17) is 5.73 Å². The van der Waals surface area contributed by atoms with E-state index in [9.17, 15) is 0 Å². The molecule has 0 radical (unpaired) electrons. The van der Waals surface area contributed by atoms with E-state index >= 15 is 0 Å². The quantitative estimate of drug-likeness (QED) is 0.847. The Morgan fingerprint density at radius 1 is 1.26 bits per heavy atom. The molecule has 0 bridgehead atoms. The summed E-state index contributed by atoms with van der Waals surface area (Å²) >= 11 is 0. The Bertz CT molecular complexity index is 444. The van der Waals surface area contributed by atoms with Gasteiger partial charge >= 0.3 is 0 Å². The van der Waals surface area contributed by atoms with E-state index in [0.29, 0.717) is 0 Å². The summed E-state index contributed by atoms with van der Waals surface area (Å²) in [6.45, 7) is 3.62. The van der Waals surface area contributed by atoms with Gasteiger partial charge in [0.25, 0.3) is 0 Å². The summed E-state index contributed by atoms with van der Waals surface area (Å²) in [5.41, 5.74) is 9.59. The van der Waals surface area contributed by atoms with E-state index in [2.05, 4.69) is 29.0 Å². The fourth-order valence-corrected chi connectivity index (χ4v) is 3.54. The van der Waals surface area contributed by atoms with Crippen molar-refractivity contribution in [2.24, 2.45) is 0 Å². The Morgan fingerprint density at radius 2 is 2.16 bits per heavy atom. The number of likely N-dealkylation sites (tertiary alicyclic amines) is 1. The van der Waals surface area contributed by atoms with Crippen LogP contribution in [-0.4, -0.2) is 37.6 Å². The van der Waals surface area contributed by atoms with Crippen LogP contribution in [0.2, 0.25) is 0 Å². The standard InChI is InChI=1S/C16H25N3/c1-18-9-3-2-4-15(18)8-11-19-10-7-13-12-14(17)5-6-16(13)19/h5-6,12,15H,2-4,7-11,17H2,1H3. The molecule has 1 unspecified atom stereocenters. The molecule has 104 valence electrons. The van der Waals surface area contributed by atoms with Gasteiger partial charge in [0.05, 0.1) is 0 Å². The first kappa shape index (κ1) is 12.8. The zero-order chi connectivity index (χ0) is 13.2. The fraction of sp³-hybridized carbons (Fsp3) is 0.625. The van der Waals surface area contributed by atoms with E-state index in [1.165, 1.54) is 50.0 Å². The molecule has 2 heterocycles. The van der Waals surface area contributed by atoms with Gasteiger partial charge in [-0.1, -0.05) is 6.42 Å². The van der Waals surface area contributed by atoms with Crippen molar-refractivity contribution in [3.8, 4) is 0 Å². The van der Waals surface area contributed by atoms with E-state index < -0.39 is 0 Å². The molecule has 2 aliphatic rings. The SMILES string of the molecule is CN1CCCCC1CCN1CCc2cc(N)ccc21. The highest BCUT2D eigenvalue weighted by molar-refractivity contribution is 5.62. The molecule has 19 heavy (non-hydrogen) atoms. The van der Waals surface area contributed by atoms with Crippen LogP contribution >= 0.6 is 0 Å². The molecule has 1 aromatic carbocycles. The average Bonchev–Trinajstić information content (AvgIpc) is 2.80. The van der Waals surface area contributed by atoms with Crippen LogP contribution in [0.5, 0.6) is 0 Å². The second-order valence-electron chi connectivity index (χ2n) is 6.04. The van der Waals surface area contributed by atoms with Crippen molar-refractivity contribution in [1.82, 2.24) is 4.90 Å². The van der Waals surface area contributed by atoms with Crippen LogP contribution in [-0.2, 0) is 6.42 Å². The molecule has 0 amide bonds. The minimum atomic E-state index is 0.784. The number of hydrogen-bond acceptors (Lipinski definition) is 3. The van der Waals surface area contributed by atoms with Crippen LogP contribution in [0.25, 0.3) is 0 Å². The lowest BCUT2D eigenvalue weighted by Crippen LogP contribution is -2.38. The molecule has 1 fully saturated rings. The molecule has 1 saturated heterocycles. The number of anilines is 2. The maximum absolute atomic E-state index is 5.86. The molecule has 2 N–H and O–H groups in total. The normalized spacial score (nSPS) is 23.6. The van der Waals surface area contributed by atoms with Crippen molar-refractivity contribution < 1.29 is 0 Å². The third-order valence-corrected chi connectivity index (χ3v) is 4.75. The third-order valence-electron chi connectivity index (χ3n) is 4.75. The van der Waals surface area contributed by atoms with E-state index in [0.717, 1.165) is 24.7 Å². The van der Waals surface area contributed by atoms with Gasteiger partial charge in [-0.05, 0) is 63.0 Å². The molecule has 0 spiro atoms. The largest absolute Gasteiger partial charge is 0.399 e. The molecule has 0 saturated carbocycles. The van der Waals surface area contributed by atoms with Gasteiger partial charge in [0, 0.05) is 30.5 Å². The summed E-state index contributed by atoms with van der Waals surface area (Å²) in [6, 6.07) is 7.15. The lowest BCUT2D eigenvalue weighted by Gasteiger charge is -2.34. The Kier molecular flexibility index (Phi) is 3.65. The zero-order valence-corrected chi connectivity index (χ0v) is 11.9. The highest BCUT2D eigenvalue weighted by atomic mass is 15.2. The lowest BCUT2D eigenvalue weighted by atomic mass is 10.00. The lowest BCUT2D eigenvalue weighted by molar-refractivity contribution is 0.178. The predicted octanol–water partition coefficient (Wildman–Crippen LogP) is 2.51. The molecule has 1 atom stereocenters. The van der Waals surface area contributed by atoms with Gasteiger partial charge in [0.1, 0.15) is 0 Å². The van der Waals surface area contributed by atoms with Gasteiger partial charge < -0.3 is 15.5 Å². The predicted molar refractivity (Wildman–Crippen MR) is 81.7 cm³/mol. The number of fused-ring (bicyclic) bond motifs is 1. The van der Waals surface area contributed by atoms with Crippen molar-refractivity contribution in [3.63, 3.8) is 0 Å². The molecule has 3 heteroatoms. The highest BCUT2D eigenvalue weighted by Crippen LogP contribution is 2.30. The number of piperidine rings is 1. The summed E-state index contributed by atoms with van der Waals surface area (Å²) in [7, 11) is 2.28. The van der Waals surface area contributed by atoms with Crippen LogP contribution in [0, 0.1) is 0 Å². The summed E-state index contributed by atoms with van der Waals surface area (Å²) in [5.74, 6) is 0. The summed E-state index contributed by atoms with van der Waals surface area (Å²) in [5, 5.41) is 0. The second-order valence-corrected chi connectivity index (χ2v) is 6.04. The summed E-state index contributed by atoms with van der Waals surface area (Å²) < 4.78 is 0. The van der Waals surface area contributed by atoms with Gasteiger partial charge in [0.2, 0.25) is 0 Å². The molecule has 2 aliphatic heterocycles. The number of rotatable bonds is 3. The maximum atomic E-state index is 5.86. The Morgan fingerprint density at radius 3 is 3.00 bits per heavy atom. The van der Waals surface area contributed by atoms with E-state index in [-0.39, 0.29) is 0 Å². The molecular weight excluding hydrogens is 234 g/mol. The number of hydrogen-bond donors (Lipinski definition) is 1. The van der Waals surface area contributed by atoms with Gasteiger partial charge in [0.15, 0.2) is 0 Å². The minimum absolute atomic E-state index is 0.784. The second kappa shape index (κ2) is 5.41. The van der Waals surface area contributed by atoms with Crippen LogP contribution in [0.4, 0.5) is 11.4 Å².